The first-order valence-corrected chi connectivity index (χ1v) is 5.17. The summed E-state index contributed by atoms with van der Waals surface area (Å²) >= 11 is 0. The largest absolute Gasteiger partial charge is 0.477 e. The van der Waals surface area contributed by atoms with E-state index >= 15 is 0 Å². The number of rotatable bonds is 3. The van der Waals surface area contributed by atoms with Gasteiger partial charge >= 0.3 is 5.97 Å². The standard InChI is InChI=1S/C11H13N3O3/c1-7-9(17-8(2)11(15)16-3)6-10-12-4-5-14(10)13-7/h4-6,8H,1-3H3/t8-/m0/s1. The third-order valence-corrected chi connectivity index (χ3v) is 2.36. The first kappa shape index (κ1) is 11.4. The molecule has 6 nitrogen and oxygen atoms in total. The first-order valence-electron chi connectivity index (χ1n) is 5.17. The molecule has 2 aromatic rings. The number of methoxy groups -OCH3 is 1. The van der Waals surface area contributed by atoms with E-state index in [-0.39, 0.29) is 0 Å². The van der Waals surface area contributed by atoms with Crippen LogP contribution in [-0.4, -0.2) is 33.8 Å². The van der Waals surface area contributed by atoms with Crippen molar-refractivity contribution in [2.24, 2.45) is 0 Å². The quantitative estimate of drug-likeness (QED) is 0.742. The van der Waals surface area contributed by atoms with E-state index < -0.39 is 12.1 Å². The van der Waals surface area contributed by atoms with Crippen molar-refractivity contribution in [2.75, 3.05) is 7.11 Å². The number of carbonyl (C=O) groups is 1. The molecule has 0 aromatic carbocycles. The van der Waals surface area contributed by atoms with E-state index in [4.69, 9.17) is 4.74 Å². The highest BCUT2D eigenvalue weighted by Gasteiger charge is 2.16. The second-order valence-electron chi connectivity index (χ2n) is 3.61. The summed E-state index contributed by atoms with van der Waals surface area (Å²) in [5.41, 5.74) is 1.36. The minimum atomic E-state index is -0.669. The number of hydrogen-bond donors (Lipinski definition) is 0. The van der Waals surface area contributed by atoms with E-state index in [1.165, 1.54) is 7.11 Å². The first-order chi connectivity index (χ1) is 8.11. The molecule has 0 N–H and O–H groups in total. The minimum Gasteiger partial charge on any atom is -0.477 e. The number of carbonyl (C=O) groups excluding carboxylic acids is 1. The van der Waals surface area contributed by atoms with Gasteiger partial charge in [0.05, 0.1) is 7.11 Å². The Morgan fingerprint density at radius 3 is 3.00 bits per heavy atom. The summed E-state index contributed by atoms with van der Waals surface area (Å²) in [4.78, 5) is 15.3. The molecule has 0 saturated carbocycles. The number of nitrogens with zero attached hydrogens (tertiary/aromatic N) is 3. The number of aromatic nitrogens is 3. The van der Waals surface area contributed by atoms with Gasteiger partial charge < -0.3 is 9.47 Å². The van der Waals surface area contributed by atoms with Gasteiger partial charge in [-0.15, -0.1) is 0 Å². The van der Waals surface area contributed by atoms with Crippen LogP contribution in [-0.2, 0) is 9.53 Å². The predicted molar refractivity (Wildman–Crippen MR) is 59.8 cm³/mol. The van der Waals surface area contributed by atoms with Crippen LogP contribution in [0, 0.1) is 6.92 Å². The summed E-state index contributed by atoms with van der Waals surface area (Å²) in [6.45, 7) is 3.43. The van der Waals surface area contributed by atoms with Crippen LogP contribution >= 0.6 is 0 Å². The van der Waals surface area contributed by atoms with Crippen LogP contribution in [0.4, 0.5) is 0 Å². The molecule has 0 spiro atoms. The topological polar surface area (TPSA) is 65.7 Å². The zero-order valence-electron chi connectivity index (χ0n) is 9.88. The molecule has 0 bridgehead atoms. The molecule has 0 aliphatic carbocycles. The van der Waals surface area contributed by atoms with Crippen molar-refractivity contribution in [3.8, 4) is 5.75 Å². The number of fused-ring (bicyclic) bond motifs is 1. The predicted octanol–water partition coefficient (Wildman–Crippen LogP) is 0.978. The van der Waals surface area contributed by atoms with Crippen LogP contribution in [0.5, 0.6) is 5.75 Å². The average Bonchev–Trinajstić information content (AvgIpc) is 2.75. The van der Waals surface area contributed by atoms with Gasteiger partial charge in [-0.05, 0) is 13.8 Å². The van der Waals surface area contributed by atoms with Crippen LogP contribution in [0.3, 0.4) is 0 Å². The minimum absolute atomic E-state index is 0.424. The molecule has 2 aromatic heterocycles. The third kappa shape index (κ3) is 2.20. The molecule has 0 amide bonds. The maximum atomic E-state index is 11.3. The summed E-state index contributed by atoms with van der Waals surface area (Å²) in [7, 11) is 1.32. The Balaban J connectivity index is 2.28. The van der Waals surface area contributed by atoms with Crippen molar-refractivity contribution in [3.63, 3.8) is 0 Å². The van der Waals surface area contributed by atoms with Crippen LogP contribution in [0.1, 0.15) is 12.6 Å². The molecule has 6 heteroatoms. The van der Waals surface area contributed by atoms with E-state index in [0.717, 1.165) is 0 Å². The van der Waals surface area contributed by atoms with Crippen molar-refractivity contribution in [2.45, 2.75) is 20.0 Å². The summed E-state index contributed by atoms with van der Waals surface area (Å²) in [5, 5.41) is 4.25. The van der Waals surface area contributed by atoms with Crippen molar-refractivity contribution >= 4 is 11.6 Å². The van der Waals surface area contributed by atoms with Gasteiger partial charge in [-0.3, -0.25) is 0 Å². The molecule has 90 valence electrons. The third-order valence-electron chi connectivity index (χ3n) is 2.36. The Bertz CT molecular complexity index is 550. The summed E-state index contributed by atoms with van der Waals surface area (Å²) < 4.78 is 11.7. The van der Waals surface area contributed by atoms with Crippen molar-refractivity contribution in [1.29, 1.82) is 0 Å². The van der Waals surface area contributed by atoms with Gasteiger partial charge in [0.2, 0.25) is 0 Å². The number of imidazole rings is 1. The van der Waals surface area contributed by atoms with Gasteiger partial charge in [0.1, 0.15) is 11.4 Å². The lowest BCUT2D eigenvalue weighted by Gasteiger charge is -2.13. The average molecular weight is 235 g/mol. The van der Waals surface area contributed by atoms with Gasteiger partial charge in [-0.1, -0.05) is 0 Å². The maximum absolute atomic E-state index is 11.3. The Hall–Kier alpha value is -2.11. The molecule has 0 aliphatic rings. The fraction of sp³-hybridized carbons (Fsp3) is 0.364. The van der Waals surface area contributed by atoms with Crippen LogP contribution in [0.25, 0.3) is 5.65 Å². The van der Waals surface area contributed by atoms with Crippen LogP contribution < -0.4 is 4.74 Å². The lowest BCUT2D eigenvalue weighted by atomic mass is 10.3. The number of ether oxygens (including phenoxy) is 2. The second-order valence-corrected chi connectivity index (χ2v) is 3.61. The molecule has 17 heavy (non-hydrogen) atoms. The molecule has 0 fully saturated rings. The SMILES string of the molecule is COC(=O)[C@H](C)Oc1cc2nccn2nc1C. The molecule has 0 saturated heterocycles. The van der Waals surface area contributed by atoms with E-state index in [1.807, 2.05) is 0 Å². The van der Waals surface area contributed by atoms with Gasteiger partial charge in [-0.25, -0.2) is 14.3 Å². The molecule has 2 heterocycles. The summed E-state index contributed by atoms with van der Waals surface area (Å²) in [6.07, 6.45) is 2.73. The monoisotopic (exact) mass is 235 g/mol. The lowest BCUT2D eigenvalue weighted by Crippen LogP contribution is -2.25. The second kappa shape index (κ2) is 4.40. The van der Waals surface area contributed by atoms with Gasteiger partial charge in [0.25, 0.3) is 0 Å². The van der Waals surface area contributed by atoms with E-state index in [1.54, 1.807) is 36.8 Å². The highest BCUT2D eigenvalue weighted by molar-refractivity contribution is 5.74. The number of esters is 1. The Labute approximate surface area is 98.2 Å². The van der Waals surface area contributed by atoms with Gasteiger partial charge in [0.15, 0.2) is 11.8 Å². The van der Waals surface area contributed by atoms with Gasteiger partial charge in [-0.2, -0.15) is 5.10 Å². The van der Waals surface area contributed by atoms with Crippen molar-refractivity contribution in [1.82, 2.24) is 14.6 Å². The Morgan fingerprint density at radius 2 is 2.29 bits per heavy atom. The van der Waals surface area contributed by atoms with Gasteiger partial charge in [0, 0.05) is 18.5 Å². The smallest absolute Gasteiger partial charge is 0.346 e. The molecule has 0 unspecified atom stereocenters. The molecule has 0 aliphatic heterocycles. The fourth-order valence-electron chi connectivity index (χ4n) is 1.45. The molecule has 1 atom stereocenters. The van der Waals surface area contributed by atoms with Crippen LogP contribution in [0.2, 0.25) is 0 Å². The number of aryl methyl sites for hydroxylation is 1. The Kier molecular flexibility index (Phi) is 2.95. The lowest BCUT2D eigenvalue weighted by molar-refractivity contribution is -0.147. The van der Waals surface area contributed by atoms with Crippen LogP contribution in [0.15, 0.2) is 18.5 Å². The fourth-order valence-corrected chi connectivity index (χ4v) is 1.45. The normalized spacial score (nSPS) is 12.4. The van der Waals surface area contributed by atoms with Crippen molar-refractivity contribution < 1.29 is 14.3 Å². The molecular weight excluding hydrogens is 222 g/mol. The van der Waals surface area contributed by atoms with E-state index in [2.05, 4.69) is 14.8 Å². The van der Waals surface area contributed by atoms with E-state index in [0.29, 0.717) is 17.1 Å². The Morgan fingerprint density at radius 1 is 1.53 bits per heavy atom. The molecule has 0 radical (unpaired) electrons. The summed E-state index contributed by atoms with van der Waals surface area (Å²) in [6, 6.07) is 1.74. The molecular formula is C11H13N3O3. The molecule has 2 rings (SSSR count). The van der Waals surface area contributed by atoms with E-state index in [9.17, 15) is 4.79 Å². The highest BCUT2D eigenvalue weighted by Crippen LogP contribution is 2.18. The van der Waals surface area contributed by atoms with Crippen molar-refractivity contribution in [3.05, 3.63) is 24.2 Å². The maximum Gasteiger partial charge on any atom is 0.346 e. The highest BCUT2D eigenvalue weighted by atomic mass is 16.6. The zero-order chi connectivity index (χ0) is 12.4. The number of hydrogen-bond acceptors (Lipinski definition) is 5. The summed E-state index contributed by atoms with van der Waals surface area (Å²) in [5.74, 6) is 0.106. The zero-order valence-corrected chi connectivity index (χ0v) is 9.88.